The van der Waals surface area contributed by atoms with E-state index >= 15 is 0 Å². The molecule has 3 aromatic rings. The van der Waals surface area contributed by atoms with E-state index in [0.717, 1.165) is 68.1 Å². The molecule has 0 bridgehead atoms. The number of nitrogens with one attached hydrogen (secondary N) is 2. The molecule has 34 heavy (non-hydrogen) atoms. The molecule has 2 aliphatic rings. The summed E-state index contributed by atoms with van der Waals surface area (Å²) in [6.07, 6.45) is 4.16. The molecule has 0 unspecified atom stereocenters. The number of aryl methyl sites for hydroxylation is 1. The Bertz CT molecular complexity index is 1100. The molecule has 1 saturated heterocycles. The SMILES string of the molecule is COCCN1C[C@@H](NC(=O)Nc2c3c(nn2-c2ccccc2)CCCC3)[C@H](c2ccccc2)C1. The minimum absolute atomic E-state index is 0.0168. The van der Waals surface area contributed by atoms with Gasteiger partial charge in [-0.25, -0.2) is 9.48 Å². The number of aromatic nitrogens is 2. The maximum absolute atomic E-state index is 13.3. The fraction of sp³-hybridized carbons (Fsp3) is 0.407. The van der Waals surface area contributed by atoms with Gasteiger partial charge in [-0.05, 0) is 43.4 Å². The van der Waals surface area contributed by atoms with Crippen LogP contribution in [-0.2, 0) is 17.6 Å². The molecule has 0 radical (unpaired) electrons. The number of para-hydroxylation sites is 1. The number of carbonyl (C=O) groups is 1. The number of rotatable bonds is 7. The van der Waals surface area contributed by atoms with Crippen LogP contribution in [0.15, 0.2) is 60.7 Å². The van der Waals surface area contributed by atoms with E-state index in [1.54, 1.807) is 7.11 Å². The van der Waals surface area contributed by atoms with Crippen LogP contribution in [-0.4, -0.2) is 60.1 Å². The quantitative estimate of drug-likeness (QED) is 0.561. The number of nitrogens with zero attached hydrogens (tertiary/aromatic N) is 3. The third kappa shape index (κ3) is 4.86. The molecule has 7 heteroatoms. The van der Waals surface area contributed by atoms with E-state index in [4.69, 9.17) is 9.84 Å². The predicted molar refractivity (Wildman–Crippen MR) is 134 cm³/mol. The summed E-state index contributed by atoms with van der Waals surface area (Å²) < 4.78 is 7.18. The van der Waals surface area contributed by atoms with Gasteiger partial charge >= 0.3 is 6.03 Å². The molecule has 1 fully saturated rings. The van der Waals surface area contributed by atoms with Gasteiger partial charge in [-0.1, -0.05) is 48.5 Å². The number of hydrogen-bond acceptors (Lipinski definition) is 4. The van der Waals surface area contributed by atoms with Gasteiger partial charge in [0.1, 0.15) is 5.82 Å². The number of methoxy groups -OCH3 is 1. The third-order valence-corrected chi connectivity index (χ3v) is 6.94. The largest absolute Gasteiger partial charge is 0.383 e. The number of fused-ring (bicyclic) bond motifs is 1. The van der Waals surface area contributed by atoms with Gasteiger partial charge in [0, 0.05) is 38.2 Å². The Morgan fingerprint density at radius 3 is 2.53 bits per heavy atom. The maximum Gasteiger partial charge on any atom is 0.320 e. The zero-order chi connectivity index (χ0) is 23.3. The maximum atomic E-state index is 13.3. The molecular formula is C27H33N5O2. The standard InChI is InChI=1S/C27H33N5O2/c1-34-17-16-31-18-23(20-10-4-2-5-11-20)25(19-31)28-27(33)29-26-22-14-8-9-15-24(22)30-32(26)21-12-6-3-7-13-21/h2-7,10-13,23,25H,8-9,14-19H2,1H3,(H2,28,29,33)/t23-,25+/m0/s1. The first-order chi connectivity index (χ1) is 16.7. The number of urea groups is 1. The van der Waals surface area contributed by atoms with Crippen molar-refractivity contribution in [3.63, 3.8) is 0 Å². The van der Waals surface area contributed by atoms with Gasteiger partial charge in [-0.2, -0.15) is 5.10 Å². The molecule has 0 saturated carbocycles. The second kappa shape index (κ2) is 10.4. The second-order valence-electron chi connectivity index (χ2n) is 9.20. The Labute approximate surface area is 201 Å². The number of carbonyl (C=O) groups excluding carboxylic acids is 1. The highest BCUT2D eigenvalue weighted by Gasteiger charge is 2.35. The van der Waals surface area contributed by atoms with Crippen LogP contribution in [0.25, 0.3) is 5.69 Å². The summed E-state index contributed by atoms with van der Waals surface area (Å²) in [5.74, 6) is 1.03. The summed E-state index contributed by atoms with van der Waals surface area (Å²) in [5, 5.41) is 11.3. The van der Waals surface area contributed by atoms with Crippen LogP contribution in [0.1, 0.15) is 35.6 Å². The Morgan fingerprint density at radius 2 is 1.76 bits per heavy atom. The summed E-state index contributed by atoms with van der Waals surface area (Å²) in [7, 11) is 1.73. The molecule has 7 nitrogen and oxygen atoms in total. The topological polar surface area (TPSA) is 71.4 Å². The average molecular weight is 460 g/mol. The van der Waals surface area contributed by atoms with E-state index in [9.17, 15) is 4.79 Å². The number of ether oxygens (including phenoxy) is 1. The van der Waals surface area contributed by atoms with Crippen LogP contribution in [0, 0.1) is 0 Å². The van der Waals surface area contributed by atoms with Crippen LogP contribution >= 0.6 is 0 Å². The Kier molecular flexibility index (Phi) is 6.92. The summed E-state index contributed by atoms with van der Waals surface area (Å²) in [6, 6.07) is 20.3. The molecule has 1 aromatic heterocycles. The molecule has 178 valence electrons. The molecule has 2 atom stereocenters. The van der Waals surface area contributed by atoms with E-state index in [1.807, 2.05) is 41.1 Å². The van der Waals surface area contributed by atoms with E-state index in [0.29, 0.717) is 6.61 Å². The summed E-state index contributed by atoms with van der Waals surface area (Å²) in [6.45, 7) is 3.23. The van der Waals surface area contributed by atoms with Gasteiger partial charge in [-0.3, -0.25) is 10.2 Å². The zero-order valence-electron chi connectivity index (χ0n) is 19.7. The second-order valence-corrected chi connectivity index (χ2v) is 9.20. The number of anilines is 1. The van der Waals surface area contributed by atoms with Crippen molar-refractivity contribution in [3.8, 4) is 5.69 Å². The lowest BCUT2D eigenvalue weighted by Gasteiger charge is -2.21. The Hall–Kier alpha value is -3.16. The first-order valence-electron chi connectivity index (χ1n) is 12.2. The first-order valence-corrected chi connectivity index (χ1v) is 12.2. The Morgan fingerprint density at radius 1 is 1.03 bits per heavy atom. The lowest BCUT2D eigenvalue weighted by molar-refractivity contribution is 0.159. The van der Waals surface area contributed by atoms with Crippen molar-refractivity contribution in [2.24, 2.45) is 0 Å². The van der Waals surface area contributed by atoms with E-state index in [-0.39, 0.29) is 18.0 Å². The fourth-order valence-electron chi connectivity index (χ4n) is 5.22. The lowest BCUT2D eigenvalue weighted by atomic mass is 9.94. The van der Waals surface area contributed by atoms with Gasteiger partial charge < -0.3 is 10.1 Å². The number of benzene rings is 2. The van der Waals surface area contributed by atoms with Crippen molar-refractivity contribution in [1.82, 2.24) is 20.0 Å². The van der Waals surface area contributed by atoms with E-state index in [1.165, 1.54) is 5.56 Å². The molecule has 5 rings (SSSR count). The van der Waals surface area contributed by atoms with Gasteiger partial charge in [0.2, 0.25) is 0 Å². The van der Waals surface area contributed by atoms with Crippen LogP contribution in [0.4, 0.5) is 10.6 Å². The summed E-state index contributed by atoms with van der Waals surface area (Å²) in [5.41, 5.74) is 4.47. The summed E-state index contributed by atoms with van der Waals surface area (Å²) >= 11 is 0. The Balaban J connectivity index is 1.36. The van der Waals surface area contributed by atoms with Gasteiger partial charge in [0.25, 0.3) is 0 Å². The molecule has 2 aromatic carbocycles. The van der Waals surface area contributed by atoms with E-state index < -0.39 is 0 Å². The van der Waals surface area contributed by atoms with Crippen molar-refractivity contribution in [2.45, 2.75) is 37.6 Å². The normalized spacial score (nSPS) is 20.1. The van der Waals surface area contributed by atoms with Crippen LogP contribution < -0.4 is 10.6 Å². The lowest BCUT2D eigenvalue weighted by Crippen LogP contribution is -2.42. The molecule has 1 aliphatic heterocycles. The van der Waals surface area contributed by atoms with Crippen LogP contribution in [0.3, 0.4) is 0 Å². The highest BCUT2D eigenvalue weighted by atomic mass is 16.5. The molecule has 2 heterocycles. The summed E-state index contributed by atoms with van der Waals surface area (Å²) in [4.78, 5) is 15.7. The molecular weight excluding hydrogens is 426 g/mol. The molecule has 0 spiro atoms. The highest BCUT2D eigenvalue weighted by Crippen LogP contribution is 2.31. The third-order valence-electron chi connectivity index (χ3n) is 6.94. The van der Waals surface area contributed by atoms with Crippen molar-refractivity contribution < 1.29 is 9.53 Å². The highest BCUT2D eigenvalue weighted by molar-refractivity contribution is 5.90. The molecule has 2 N–H and O–H groups in total. The van der Waals surface area contributed by atoms with Crippen LogP contribution in [0.5, 0.6) is 0 Å². The number of hydrogen-bond donors (Lipinski definition) is 2. The number of likely N-dealkylation sites (tertiary alicyclic amines) is 1. The monoisotopic (exact) mass is 459 g/mol. The van der Waals surface area contributed by atoms with E-state index in [2.05, 4.69) is 39.8 Å². The zero-order valence-corrected chi connectivity index (χ0v) is 19.7. The van der Waals surface area contributed by atoms with Gasteiger partial charge in [-0.15, -0.1) is 0 Å². The average Bonchev–Trinajstić information content (AvgIpc) is 3.45. The smallest absolute Gasteiger partial charge is 0.320 e. The van der Waals surface area contributed by atoms with Crippen molar-refractivity contribution in [1.29, 1.82) is 0 Å². The molecule has 2 amide bonds. The fourth-order valence-corrected chi connectivity index (χ4v) is 5.22. The first kappa shape index (κ1) is 22.6. The predicted octanol–water partition coefficient (Wildman–Crippen LogP) is 3.99. The van der Waals surface area contributed by atoms with Crippen molar-refractivity contribution in [2.75, 3.05) is 38.7 Å². The van der Waals surface area contributed by atoms with Crippen molar-refractivity contribution in [3.05, 3.63) is 77.5 Å². The van der Waals surface area contributed by atoms with Crippen molar-refractivity contribution >= 4 is 11.8 Å². The minimum atomic E-state index is -0.176. The molecule has 1 aliphatic carbocycles. The minimum Gasteiger partial charge on any atom is -0.383 e. The van der Waals surface area contributed by atoms with Crippen LogP contribution in [0.2, 0.25) is 0 Å². The number of amides is 2. The van der Waals surface area contributed by atoms with Gasteiger partial charge in [0.05, 0.1) is 24.0 Å². The van der Waals surface area contributed by atoms with Gasteiger partial charge in [0.15, 0.2) is 0 Å².